The molecule has 0 atom stereocenters. The van der Waals surface area contributed by atoms with E-state index in [0.29, 0.717) is 27.3 Å². The van der Waals surface area contributed by atoms with E-state index in [2.05, 4.69) is 10.6 Å². The molecule has 4 aromatic rings. The number of benzene rings is 2. The summed E-state index contributed by atoms with van der Waals surface area (Å²) >= 11 is 1.22. The molecule has 0 aliphatic carbocycles. The monoisotopic (exact) mass is 448 g/mol. The van der Waals surface area contributed by atoms with Crippen LogP contribution in [-0.4, -0.2) is 20.9 Å². The molecule has 4 rings (SSSR count). The van der Waals surface area contributed by atoms with Gasteiger partial charge in [-0.1, -0.05) is 18.2 Å². The van der Waals surface area contributed by atoms with Crippen LogP contribution in [0.25, 0.3) is 15.9 Å². The Morgan fingerprint density at radius 3 is 2.41 bits per heavy atom. The van der Waals surface area contributed by atoms with E-state index in [4.69, 9.17) is 0 Å². The van der Waals surface area contributed by atoms with Crippen molar-refractivity contribution in [2.24, 2.45) is 0 Å². The minimum Gasteiger partial charge on any atom is -0.326 e. The lowest BCUT2D eigenvalue weighted by molar-refractivity contribution is -0.117. The van der Waals surface area contributed by atoms with Gasteiger partial charge >= 0.3 is 5.69 Å². The van der Waals surface area contributed by atoms with Crippen LogP contribution in [0.15, 0.2) is 69.6 Å². The maximum absolute atomic E-state index is 13.3. The maximum Gasteiger partial charge on any atom is 0.336 e. The second-order valence-corrected chi connectivity index (χ2v) is 8.21. The Kier molecular flexibility index (Phi) is 5.74. The van der Waals surface area contributed by atoms with Gasteiger partial charge in [-0.05, 0) is 54.3 Å². The number of nitrogens with one attached hydrogen (secondary N) is 2. The zero-order valence-electron chi connectivity index (χ0n) is 17.4. The van der Waals surface area contributed by atoms with Crippen molar-refractivity contribution in [2.75, 3.05) is 10.6 Å². The number of fused-ring (bicyclic) bond motifs is 1. The molecule has 2 heterocycles. The molecule has 9 heteroatoms. The van der Waals surface area contributed by atoms with Crippen LogP contribution in [0.1, 0.15) is 12.5 Å². The second kappa shape index (κ2) is 8.64. The van der Waals surface area contributed by atoms with Gasteiger partial charge in [0.05, 0.1) is 11.2 Å². The third-order valence-electron chi connectivity index (χ3n) is 4.78. The molecule has 162 valence electrons. The summed E-state index contributed by atoms with van der Waals surface area (Å²) in [5.41, 5.74) is 1.79. The average Bonchev–Trinajstić information content (AvgIpc) is 3.21. The lowest BCUT2D eigenvalue weighted by Gasteiger charge is -2.13. The Bertz CT molecular complexity index is 1460. The Labute approximate surface area is 186 Å². The van der Waals surface area contributed by atoms with Gasteiger partial charge in [0.2, 0.25) is 11.8 Å². The largest absolute Gasteiger partial charge is 0.336 e. The van der Waals surface area contributed by atoms with Gasteiger partial charge in [-0.2, -0.15) is 0 Å². The summed E-state index contributed by atoms with van der Waals surface area (Å²) in [4.78, 5) is 50.3. The van der Waals surface area contributed by atoms with Gasteiger partial charge in [0.15, 0.2) is 0 Å². The Hall–Kier alpha value is -3.98. The molecule has 8 nitrogen and oxygen atoms in total. The van der Waals surface area contributed by atoms with E-state index in [1.807, 2.05) is 13.0 Å². The molecule has 0 saturated carbocycles. The molecule has 0 bridgehead atoms. The van der Waals surface area contributed by atoms with E-state index >= 15 is 0 Å². The molecule has 2 aromatic heterocycles. The first-order valence-electron chi connectivity index (χ1n) is 9.81. The summed E-state index contributed by atoms with van der Waals surface area (Å²) in [6.07, 6.45) is 0. The Morgan fingerprint density at radius 1 is 0.969 bits per heavy atom. The van der Waals surface area contributed by atoms with Crippen molar-refractivity contribution in [1.29, 1.82) is 0 Å². The number of carbonyl (C=O) groups is 2. The van der Waals surface area contributed by atoms with Crippen LogP contribution in [-0.2, 0) is 16.1 Å². The number of aromatic nitrogens is 2. The molecule has 2 aromatic carbocycles. The minimum atomic E-state index is -0.589. The highest BCUT2D eigenvalue weighted by Gasteiger charge is 2.17. The Balaban J connectivity index is 1.71. The van der Waals surface area contributed by atoms with Crippen LogP contribution >= 0.6 is 11.3 Å². The van der Waals surface area contributed by atoms with Gasteiger partial charge in [0.25, 0.3) is 5.56 Å². The van der Waals surface area contributed by atoms with Gasteiger partial charge in [-0.15, -0.1) is 11.3 Å². The van der Waals surface area contributed by atoms with Crippen LogP contribution in [0, 0.1) is 6.92 Å². The van der Waals surface area contributed by atoms with E-state index in [1.165, 1.54) is 22.8 Å². The topological polar surface area (TPSA) is 102 Å². The molecule has 0 fully saturated rings. The summed E-state index contributed by atoms with van der Waals surface area (Å²) in [5.74, 6) is -0.660. The molecule has 0 spiro atoms. The van der Waals surface area contributed by atoms with Crippen molar-refractivity contribution in [1.82, 2.24) is 9.13 Å². The summed E-state index contributed by atoms with van der Waals surface area (Å²) in [6.45, 7) is 2.99. The van der Waals surface area contributed by atoms with Crippen molar-refractivity contribution in [2.45, 2.75) is 20.4 Å². The molecule has 2 amide bonds. The number of aryl methyl sites for hydroxylation is 1. The Morgan fingerprint density at radius 2 is 1.69 bits per heavy atom. The first-order chi connectivity index (χ1) is 15.3. The average molecular weight is 449 g/mol. The second-order valence-electron chi connectivity index (χ2n) is 7.29. The highest BCUT2D eigenvalue weighted by atomic mass is 32.1. The SMILES string of the molecule is CC(=O)Nc1cccc(NC(=O)Cn2c(=O)n(-c3cccc(C)c3)c(=O)c3sccc32)c1. The van der Waals surface area contributed by atoms with E-state index in [-0.39, 0.29) is 12.5 Å². The molecular weight excluding hydrogens is 428 g/mol. The van der Waals surface area contributed by atoms with Crippen molar-refractivity contribution in [3.05, 3.63) is 86.4 Å². The third kappa shape index (κ3) is 4.23. The summed E-state index contributed by atoms with van der Waals surface area (Å²) in [6, 6.07) is 15.4. The van der Waals surface area contributed by atoms with Crippen molar-refractivity contribution in [3.63, 3.8) is 0 Å². The number of rotatable bonds is 5. The van der Waals surface area contributed by atoms with Gasteiger partial charge < -0.3 is 10.6 Å². The first-order valence-corrected chi connectivity index (χ1v) is 10.7. The fourth-order valence-electron chi connectivity index (χ4n) is 3.46. The summed E-state index contributed by atoms with van der Waals surface area (Å²) in [5, 5.41) is 7.11. The van der Waals surface area contributed by atoms with Gasteiger partial charge in [0.1, 0.15) is 11.2 Å². The third-order valence-corrected chi connectivity index (χ3v) is 5.67. The van der Waals surface area contributed by atoms with E-state index in [0.717, 1.165) is 10.1 Å². The number of hydrogen-bond acceptors (Lipinski definition) is 5. The van der Waals surface area contributed by atoms with Crippen LogP contribution in [0.2, 0.25) is 0 Å². The molecule has 0 unspecified atom stereocenters. The molecular formula is C23H20N4O4S. The van der Waals surface area contributed by atoms with E-state index < -0.39 is 17.2 Å². The smallest absolute Gasteiger partial charge is 0.326 e. The zero-order valence-corrected chi connectivity index (χ0v) is 18.2. The van der Waals surface area contributed by atoms with Gasteiger partial charge in [0, 0.05) is 18.3 Å². The lowest BCUT2D eigenvalue weighted by Crippen LogP contribution is -2.40. The standard InChI is InChI=1S/C23H20N4O4S/c1-14-5-3-8-18(11-14)27-22(30)21-19(9-10-32-21)26(23(27)31)13-20(29)25-17-7-4-6-16(12-17)24-15(2)28/h3-12H,13H2,1-2H3,(H,24,28)(H,25,29). The quantitative estimate of drug-likeness (QED) is 0.490. The summed E-state index contributed by atoms with van der Waals surface area (Å²) in [7, 11) is 0. The number of amides is 2. The van der Waals surface area contributed by atoms with E-state index in [9.17, 15) is 19.2 Å². The van der Waals surface area contributed by atoms with Crippen LogP contribution in [0.3, 0.4) is 0 Å². The highest BCUT2D eigenvalue weighted by molar-refractivity contribution is 7.17. The van der Waals surface area contributed by atoms with Crippen LogP contribution in [0.4, 0.5) is 11.4 Å². The molecule has 0 saturated heterocycles. The van der Waals surface area contributed by atoms with Crippen molar-refractivity contribution >= 4 is 44.7 Å². The first kappa shape index (κ1) is 21.3. The number of carbonyl (C=O) groups excluding carboxylic acids is 2. The van der Waals surface area contributed by atoms with E-state index in [1.54, 1.807) is 53.9 Å². The van der Waals surface area contributed by atoms with Crippen molar-refractivity contribution in [3.8, 4) is 5.69 Å². The summed E-state index contributed by atoms with van der Waals surface area (Å²) < 4.78 is 2.78. The predicted octanol–water partition coefficient (Wildman–Crippen LogP) is 3.12. The molecule has 32 heavy (non-hydrogen) atoms. The fraction of sp³-hybridized carbons (Fsp3) is 0.130. The normalized spacial score (nSPS) is 10.8. The number of thiophene rings is 1. The number of nitrogens with zero attached hydrogens (tertiary/aromatic N) is 2. The fourth-order valence-corrected chi connectivity index (χ4v) is 4.28. The lowest BCUT2D eigenvalue weighted by atomic mass is 10.2. The molecule has 2 N–H and O–H groups in total. The molecule has 0 radical (unpaired) electrons. The van der Waals surface area contributed by atoms with Crippen LogP contribution in [0.5, 0.6) is 0 Å². The van der Waals surface area contributed by atoms with Crippen LogP contribution < -0.4 is 21.9 Å². The zero-order chi connectivity index (χ0) is 22.8. The van der Waals surface area contributed by atoms with Gasteiger partial charge in [-0.25, -0.2) is 9.36 Å². The molecule has 0 aliphatic rings. The minimum absolute atomic E-state index is 0.224. The maximum atomic E-state index is 13.3. The highest BCUT2D eigenvalue weighted by Crippen LogP contribution is 2.18. The predicted molar refractivity (Wildman–Crippen MR) is 126 cm³/mol. The number of hydrogen-bond donors (Lipinski definition) is 2. The number of anilines is 2. The van der Waals surface area contributed by atoms with Gasteiger partial charge in [-0.3, -0.25) is 19.0 Å². The van der Waals surface area contributed by atoms with Crippen molar-refractivity contribution < 1.29 is 9.59 Å². The molecule has 0 aliphatic heterocycles.